The molecule has 3 rings (SSSR count). The number of alkyl halides is 3. The highest BCUT2D eigenvalue weighted by atomic mass is 32.2. The highest BCUT2D eigenvalue weighted by Crippen LogP contribution is 2.29. The normalized spacial score (nSPS) is 12.2. The second kappa shape index (κ2) is 7.52. The van der Waals surface area contributed by atoms with Gasteiger partial charge < -0.3 is 0 Å². The maximum absolute atomic E-state index is 12.6. The molecule has 1 N–H and O–H groups in total. The zero-order chi connectivity index (χ0) is 20.4. The van der Waals surface area contributed by atoms with E-state index in [2.05, 4.69) is 19.9 Å². The van der Waals surface area contributed by atoms with E-state index < -0.39 is 27.3 Å². The highest BCUT2D eigenvalue weighted by molar-refractivity contribution is 7.89. The molecule has 148 valence electrons. The third-order valence-electron chi connectivity index (χ3n) is 3.61. The Morgan fingerprint density at radius 2 is 1.79 bits per heavy atom. The van der Waals surface area contributed by atoms with Crippen molar-refractivity contribution in [2.45, 2.75) is 17.6 Å². The van der Waals surface area contributed by atoms with Crippen molar-refractivity contribution in [3.8, 4) is 5.82 Å². The lowest BCUT2D eigenvalue weighted by atomic mass is 10.2. The van der Waals surface area contributed by atoms with Crippen LogP contribution in [-0.4, -0.2) is 39.5 Å². The van der Waals surface area contributed by atoms with E-state index in [1.807, 2.05) is 0 Å². The van der Waals surface area contributed by atoms with Crippen molar-refractivity contribution in [3.63, 3.8) is 0 Å². The van der Waals surface area contributed by atoms with E-state index in [9.17, 15) is 26.4 Å². The van der Waals surface area contributed by atoms with Gasteiger partial charge in [-0.1, -0.05) is 0 Å². The van der Waals surface area contributed by atoms with Gasteiger partial charge in [0.25, 0.3) is 5.56 Å². The van der Waals surface area contributed by atoms with Gasteiger partial charge in [-0.3, -0.25) is 4.79 Å². The van der Waals surface area contributed by atoms with Gasteiger partial charge in [0, 0.05) is 12.6 Å². The summed E-state index contributed by atoms with van der Waals surface area (Å²) in [7, 11) is -4.05. The molecule has 0 spiro atoms. The number of benzene rings is 1. The summed E-state index contributed by atoms with van der Waals surface area (Å²) in [4.78, 5) is 15.3. The number of hydrogen-bond donors (Lipinski definition) is 1. The van der Waals surface area contributed by atoms with Crippen LogP contribution in [0.3, 0.4) is 0 Å². The minimum absolute atomic E-state index is 0.0960. The van der Waals surface area contributed by atoms with E-state index in [1.54, 1.807) is 0 Å². The fourth-order valence-electron chi connectivity index (χ4n) is 2.24. The van der Waals surface area contributed by atoms with Gasteiger partial charge in [0.05, 0.1) is 17.0 Å². The molecule has 2 aromatic heterocycles. The molecule has 13 heteroatoms. The first kappa shape index (κ1) is 19.7. The predicted molar refractivity (Wildman–Crippen MR) is 90.0 cm³/mol. The van der Waals surface area contributed by atoms with E-state index >= 15 is 0 Å². The standard InChI is InChI=1S/C15H13F3N6O3S/c16-15(17,18)11-1-3-12(4-2-11)28(26,27)21-7-8-23-14(25)6-5-13(22-23)24-10-19-9-20-24/h1-6,9-10,21H,7-8H2. The Bertz CT molecular complexity index is 1110. The Hall–Kier alpha value is -3.06. The van der Waals surface area contributed by atoms with E-state index in [1.165, 1.54) is 29.5 Å². The van der Waals surface area contributed by atoms with Crippen LogP contribution in [-0.2, 0) is 22.7 Å². The topological polar surface area (TPSA) is 112 Å². The molecule has 9 nitrogen and oxygen atoms in total. The van der Waals surface area contributed by atoms with Crippen LogP contribution in [0.1, 0.15) is 5.56 Å². The summed E-state index contributed by atoms with van der Waals surface area (Å²) >= 11 is 0. The van der Waals surface area contributed by atoms with Crippen LogP contribution in [0.25, 0.3) is 5.82 Å². The molecule has 0 saturated carbocycles. The summed E-state index contributed by atoms with van der Waals surface area (Å²) in [5, 5.41) is 7.93. The van der Waals surface area contributed by atoms with Gasteiger partial charge in [0.1, 0.15) is 12.7 Å². The molecular weight excluding hydrogens is 401 g/mol. The number of sulfonamides is 1. The van der Waals surface area contributed by atoms with Crippen molar-refractivity contribution in [2.75, 3.05) is 6.54 Å². The van der Waals surface area contributed by atoms with E-state index in [-0.39, 0.29) is 18.0 Å². The van der Waals surface area contributed by atoms with Crippen molar-refractivity contribution >= 4 is 10.0 Å². The summed E-state index contributed by atoms with van der Waals surface area (Å²) in [5.74, 6) is 0.308. The largest absolute Gasteiger partial charge is 0.416 e. The molecule has 0 saturated heterocycles. The van der Waals surface area contributed by atoms with E-state index in [4.69, 9.17) is 0 Å². The lowest BCUT2D eigenvalue weighted by molar-refractivity contribution is -0.137. The predicted octanol–water partition coefficient (Wildman–Crippen LogP) is 0.821. The molecule has 3 aromatic rings. The molecule has 0 aliphatic carbocycles. The number of hydrogen-bond acceptors (Lipinski definition) is 6. The summed E-state index contributed by atoms with van der Waals surface area (Å²) in [5.41, 5.74) is -1.41. The van der Waals surface area contributed by atoms with Crippen LogP contribution in [0.4, 0.5) is 13.2 Å². The van der Waals surface area contributed by atoms with E-state index in [0.717, 1.165) is 16.8 Å². The van der Waals surface area contributed by atoms with Crippen LogP contribution >= 0.6 is 0 Å². The number of aromatic nitrogens is 5. The van der Waals surface area contributed by atoms with Gasteiger partial charge in [-0.25, -0.2) is 27.5 Å². The third kappa shape index (κ3) is 4.43. The third-order valence-corrected chi connectivity index (χ3v) is 5.09. The van der Waals surface area contributed by atoms with Crippen molar-refractivity contribution in [1.82, 2.24) is 29.3 Å². The smallest absolute Gasteiger partial charge is 0.268 e. The lowest BCUT2D eigenvalue weighted by Gasteiger charge is -2.10. The van der Waals surface area contributed by atoms with Gasteiger partial charge in [-0.2, -0.15) is 18.3 Å². The van der Waals surface area contributed by atoms with Crippen molar-refractivity contribution in [2.24, 2.45) is 0 Å². The molecule has 0 atom stereocenters. The highest BCUT2D eigenvalue weighted by Gasteiger charge is 2.30. The Kier molecular flexibility index (Phi) is 5.29. The molecule has 28 heavy (non-hydrogen) atoms. The van der Waals surface area contributed by atoms with Crippen LogP contribution in [0.2, 0.25) is 0 Å². The van der Waals surface area contributed by atoms with Crippen LogP contribution in [0.5, 0.6) is 0 Å². The molecule has 0 amide bonds. The minimum Gasteiger partial charge on any atom is -0.268 e. The number of nitrogens with one attached hydrogen (secondary N) is 1. The average Bonchev–Trinajstić information content (AvgIpc) is 3.17. The molecular formula is C15H13F3N6O3S. The van der Waals surface area contributed by atoms with Gasteiger partial charge >= 0.3 is 6.18 Å². The van der Waals surface area contributed by atoms with E-state index in [0.29, 0.717) is 18.0 Å². The summed E-state index contributed by atoms with van der Waals surface area (Å²) in [6.07, 6.45) is -1.89. The van der Waals surface area contributed by atoms with Gasteiger partial charge in [0.15, 0.2) is 5.82 Å². The molecule has 0 aliphatic rings. The van der Waals surface area contributed by atoms with Crippen molar-refractivity contribution < 1.29 is 21.6 Å². The maximum Gasteiger partial charge on any atom is 0.416 e. The Morgan fingerprint density at radius 3 is 2.39 bits per heavy atom. The maximum atomic E-state index is 12.6. The second-order valence-corrected chi connectivity index (χ2v) is 7.28. The monoisotopic (exact) mass is 414 g/mol. The van der Waals surface area contributed by atoms with Crippen molar-refractivity contribution in [1.29, 1.82) is 0 Å². The lowest BCUT2D eigenvalue weighted by Crippen LogP contribution is -2.32. The number of rotatable bonds is 6. The van der Waals surface area contributed by atoms with Gasteiger partial charge in [0.2, 0.25) is 10.0 Å². The van der Waals surface area contributed by atoms with Crippen LogP contribution in [0.15, 0.2) is 58.7 Å². The Labute approximate surface area is 156 Å². The molecule has 0 aliphatic heterocycles. The van der Waals surface area contributed by atoms with Crippen molar-refractivity contribution in [3.05, 3.63) is 65.0 Å². The first-order valence-corrected chi connectivity index (χ1v) is 9.25. The van der Waals surface area contributed by atoms with Gasteiger partial charge in [-0.15, -0.1) is 5.10 Å². The van der Waals surface area contributed by atoms with Gasteiger partial charge in [-0.05, 0) is 30.3 Å². The average molecular weight is 414 g/mol. The fraction of sp³-hybridized carbons (Fsp3) is 0.200. The molecule has 0 fully saturated rings. The zero-order valence-corrected chi connectivity index (χ0v) is 14.9. The number of nitrogens with zero attached hydrogens (tertiary/aromatic N) is 5. The minimum atomic E-state index is -4.56. The fourth-order valence-corrected chi connectivity index (χ4v) is 3.26. The summed E-state index contributed by atoms with van der Waals surface area (Å²) in [6, 6.07) is 5.76. The summed E-state index contributed by atoms with van der Waals surface area (Å²) in [6.45, 7) is -0.293. The molecule has 0 bridgehead atoms. The molecule has 0 unspecified atom stereocenters. The second-order valence-electron chi connectivity index (χ2n) is 5.51. The molecule has 0 radical (unpaired) electrons. The summed E-state index contributed by atoms with van der Waals surface area (Å²) < 4.78 is 66.7. The molecule has 2 heterocycles. The zero-order valence-electron chi connectivity index (χ0n) is 14.0. The van der Waals surface area contributed by atoms with Crippen LogP contribution < -0.4 is 10.3 Å². The van der Waals surface area contributed by atoms with Crippen LogP contribution in [0, 0.1) is 0 Å². The SMILES string of the molecule is O=c1ccc(-n2cncn2)nn1CCNS(=O)(=O)c1ccc(C(F)(F)F)cc1. The first-order chi connectivity index (χ1) is 13.2. The quantitative estimate of drug-likeness (QED) is 0.639. The Balaban J connectivity index is 1.69. The first-order valence-electron chi connectivity index (χ1n) is 7.77. The number of halogens is 3. The molecule has 1 aromatic carbocycles. The Morgan fingerprint density at radius 1 is 1.07 bits per heavy atom.